The van der Waals surface area contributed by atoms with Crippen molar-refractivity contribution >= 4 is 63.7 Å². The number of halogens is 2. The van der Waals surface area contributed by atoms with Crippen molar-refractivity contribution in [1.82, 2.24) is 19.8 Å². The second kappa shape index (κ2) is 11.7. The number of carbonyl (C=O) groups excluding carboxylic acids is 1. The number of oxazole rings is 1. The molecule has 1 aromatic carbocycles. The van der Waals surface area contributed by atoms with Gasteiger partial charge in [0, 0.05) is 60.8 Å². The maximum absolute atomic E-state index is 13.7. The Labute approximate surface area is 242 Å². The van der Waals surface area contributed by atoms with Crippen molar-refractivity contribution < 1.29 is 13.9 Å². The molecule has 1 amide bonds. The molecule has 1 N–H and O–H groups in total. The molecule has 0 radical (unpaired) electrons. The maximum atomic E-state index is 13.7. The van der Waals surface area contributed by atoms with Gasteiger partial charge in [-0.3, -0.25) is 14.7 Å². The topological polar surface area (TPSA) is 87.0 Å². The van der Waals surface area contributed by atoms with Gasteiger partial charge >= 0.3 is 0 Å². The number of thioether (sulfide) groups is 1. The normalized spacial score (nSPS) is 22.2. The number of rotatable bonds is 6. The Bertz CT molecular complexity index is 1350. The van der Waals surface area contributed by atoms with Crippen molar-refractivity contribution in [2.24, 2.45) is 0 Å². The first-order valence-corrected chi connectivity index (χ1v) is 15.3. The minimum Gasteiger partial charge on any atom is -0.421 e. The first kappa shape index (κ1) is 27.0. The Hall–Kier alpha value is -2.24. The fraction of sp³-hybridized carbons (Fsp3) is 0.519. The maximum Gasteiger partial charge on any atom is 0.295 e. The number of nitrogens with zero attached hydrogens (tertiary/aromatic N) is 5. The molecule has 3 aliphatic rings. The summed E-state index contributed by atoms with van der Waals surface area (Å²) in [6.07, 6.45) is 3.59. The molecule has 9 nitrogen and oxygen atoms in total. The number of ether oxygens (including phenoxy) is 1. The van der Waals surface area contributed by atoms with Crippen LogP contribution in [-0.2, 0) is 16.0 Å². The third-order valence-corrected chi connectivity index (χ3v) is 9.21. The molecule has 5 heterocycles. The van der Waals surface area contributed by atoms with Crippen molar-refractivity contribution in [2.45, 2.75) is 25.5 Å². The molecule has 0 unspecified atom stereocenters. The molecule has 2 atom stereocenters. The van der Waals surface area contributed by atoms with E-state index in [0.717, 1.165) is 43.0 Å². The highest BCUT2D eigenvalue weighted by molar-refractivity contribution is 7.99. The average Bonchev–Trinajstić information content (AvgIpc) is 3.36. The minimum absolute atomic E-state index is 0.0416. The zero-order chi connectivity index (χ0) is 26.9. The third kappa shape index (κ3) is 5.67. The van der Waals surface area contributed by atoms with E-state index in [1.807, 2.05) is 29.7 Å². The summed E-state index contributed by atoms with van der Waals surface area (Å²) in [5.74, 6) is 2.33. The van der Waals surface area contributed by atoms with Crippen LogP contribution in [-0.4, -0.2) is 95.7 Å². The first-order valence-electron chi connectivity index (χ1n) is 13.4. The molecule has 2 fully saturated rings. The lowest BCUT2D eigenvalue weighted by molar-refractivity contribution is -0.147. The number of morpholine rings is 1. The summed E-state index contributed by atoms with van der Waals surface area (Å²) >= 11 is 14.8. The van der Waals surface area contributed by atoms with Crippen molar-refractivity contribution in [2.75, 3.05) is 74.1 Å². The van der Waals surface area contributed by atoms with Gasteiger partial charge in [0.15, 0.2) is 11.7 Å². The Balaban J connectivity index is 1.14. The molecule has 39 heavy (non-hydrogen) atoms. The summed E-state index contributed by atoms with van der Waals surface area (Å²) in [7, 11) is 0. The Morgan fingerprint density at radius 2 is 2.03 bits per heavy atom. The number of nitrogens with one attached hydrogen (secondary N) is 1. The fourth-order valence-corrected chi connectivity index (χ4v) is 7.37. The van der Waals surface area contributed by atoms with Gasteiger partial charge in [-0.25, -0.2) is 0 Å². The van der Waals surface area contributed by atoms with Gasteiger partial charge in [-0.2, -0.15) is 16.7 Å². The zero-order valence-corrected chi connectivity index (χ0v) is 24.2. The van der Waals surface area contributed by atoms with Gasteiger partial charge in [-0.15, -0.1) is 0 Å². The molecule has 2 saturated heterocycles. The Morgan fingerprint density at radius 3 is 2.87 bits per heavy atom. The lowest BCUT2D eigenvalue weighted by atomic mass is 9.93. The van der Waals surface area contributed by atoms with Crippen molar-refractivity contribution in [3.63, 3.8) is 0 Å². The molecule has 3 aliphatic heterocycles. The van der Waals surface area contributed by atoms with Crippen LogP contribution in [0.25, 0.3) is 11.1 Å². The number of anilines is 2. The van der Waals surface area contributed by atoms with Crippen LogP contribution in [0.3, 0.4) is 0 Å². The second-order valence-corrected chi connectivity index (χ2v) is 12.2. The largest absolute Gasteiger partial charge is 0.421 e. The molecular formula is C27H32Cl2N6O3S. The quantitative estimate of drug-likeness (QED) is 0.450. The van der Waals surface area contributed by atoms with E-state index in [1.165, 1.54) is 11.5 Å². The zero-order valence-electron chi connectivity index (χ0n) is 21.9. The molecule has 0 aliphatic carbocycles. The summed E-state index contributed by atoms with van der Waals surface area (Å²) in [5.41, 5.74) is 4.23. The van der Waals surface area contributed by atoms with Crippen LogP contribution in [0.1, 0.15) is 24.1 Å². The number of benzene rings is 1. The molecule has 2 aromatic heterocycles. The number of aromatic nitrogens is 2. The SMILES string of the molecule is C[C@H]1c2c(Cl)cc(Cl)cc2CCN1C(=O)[C@H]1CN(c2cncc3nc(NCCN4CCSCC4)oc23)CCO1. The number of pyridine rings is 1. The molecule has 3 aromatic rings. The highest BCUT2D eigenvalue weighted by Gasteiger charge is 2.36. The molecular weight excluding hydrogens is 559 g/mol. The lowest BCUT2D eigenvalue weighted by Gasteiger charge is -2.40. The van der Waals surface area contributed by atoms with E-state index in [9.17, 15) is 4.79 Å². The second-order valence-electron chi connectivity index (χ2n) is 10.1. The van der Waals surface area contributed by atoms with Crippen LogP contribution in [0.4, 0.5) is 11.7 Å². The summed E-state index contributed by atoms with van der Waals surface area (Å²) in [4.78, 5) is 29.1. The summed E-state index contributed by atoms with van der Waals surface area (Å²) in [6.45, 7) is 8.02. The van der Waals surface area contributed by atoms with E-state index in [0.29, 0.717) is 59.8 Å². The van der Waals surface area contributed by atoms with E-state index in [1.54, 1.807) is 18.5 Å². The van der Waals surface area contributed by atoms with E-state index in [-0.39, 0.29) is 11.9 Å². The van der Waals surface area contributed by atoms with Crippen LogP contribution >= 0.6 is 35.0 Å². The van der Waals surface area contributed by atoms with Crippen molar-refractivity contribution in [1.29, 1.82) is 0 Å². The van der Waals surface area contributed by atoms with Crippen molar-refractivity contribution in [3.05, 3.63) is 45.7 Å². The standard InChI is InChI=1S/C27H32Cl2N6O3S/c1-17-24-18(12-19(28)13-20(24)29)2-4-35(17)26(36)23-16-34(6-9-37-23)22-15-30-14-21-25(22)38-27(32-21)31-3-5-33-7-10-39-11-8-33/h12-15,17,23H,2-11,16H2,1H3,(H,31,32)/t17-,23+/m0/s1. The molecule has 12 heteroatoms. The van der Waals surface area contributed by atoms with Crippen LogP contribution in [0, 0.1) is 0 Å². The Kier molecular flexibility index (Phi) is 8.09. The fourth-order valence-electron chi connectivity index (χ4n) is 5.69. The van der Waals surface area contributed by atoms with Gasteiger partial charge in [0.25, 0.3) is 11.9 Å². The Morgan fingerprint density at radius 1 is 1.18 bits per heavy atom. The van der Waals surface area contributed by atoms with E-state index in [2.05, 4.69) is 25.1 Å². The third-order valence-electron chi connectivity index (χ3n) is 7.74. The lowest BCUT2D eigenvalue weighted by Crippen LogP contribution is -2.53. The number of carbonyl (C=O) groups is 1. The molecule has 0 bridgehead atoms. The van der Waals surface area contributed by atoms with E-state index >= 15 is 0 Å². The molecule has 0 saturated carbocycles. The predicted octanol–water partition coefficient (Wildman–Crippen LogP) is 4.34. The van der Waals surface area contributed by atoms with Gasteiger partial charge in [-0.05, 0) is 36.6 Å². The van der Waals surface area contributed by atoms with Gasteiger partial charge < -0.3 is 24.3 Å². The average molecular weight is 592 g/mol. The highest BCUT2D eigenvalue weighted by Crippen LogP contribution is 2.38. The smallest absolute Gasteiger partial charge is 0.295 e. The summed E-state index contributed by atoms with van der Waals surface area (Å²) in [6, 6.07) is 4.01. The minimum atomic E-state index is -0.604. The van der Waals surface area contributed by atoms with Crippen LogP contribution < -0.4 is 10.2 Å². The number of hydrogen-bond donors (Lipinski definition) is 1. The van der Waals surface area contributed by atoms with E-state index < -0.39 is 6.10 Å². The van der Waals surface area contributed by atoms with Gasteiger partial charge in [-0.1, -0.05) is 23.2 Å². The van der Waals surface area contributed by atoms with Crippen LogP contribution in [0.2, 0.25) is 10.0 Å². The van der Waals surface area contributed by atoms with Crippen LogP contribution in [0.15, 0.2) is 28.9 Å². The van der Waals surface area contributed by atoms with Gasteiger partial charge in [0.2, 0.25) is 0 Å². The molecule has 0 spiro atoms. The highest BCUT2D eigenvalue weighted by atomic mass is 35.5. The first-order chi connectivity index (χ1) is 19.0. The van der Waals surface area contributed by atoms with Gasteiger partial charge in [0.1, 0.15) is 11.2 Å². The molecule has 208 valence electrons. The number of amides is 1. The monoisotopic (exact) mass is 590 g/mol. The van der Waals surface area contributed by atoms with Crippen molar-refractivity contribution in [3.8, 4) is 0 Å². The predicted molar refractivity (Wildman–Crippen MR) is 156 cm³/mol. The van der Waals surface area contributed by atoms with Gasteiger partial charge in [0.05, 0.1) is 31.6 Å². The van der Waals surface area contributed by atoms with E-state index in [4.69, 9.17) is 32.4 Å². The number of fused-ring (bicyclic) bond motifs is 2. The number of hydrogen-bond acceptors (Lipinski definition) is 9. The van der Waals surface area contributed by atoms with Crippen LogP contribution in [0.5, 0.6) is 0 Å². The molecule has 6 rings (SSSR count). The summed E-state index contributed by atoms with van der Waals surface area (Å²) in [5, 5.41) is 4.54. The summed E-state index contributed by atoms with van der Waals surface area (Å²) < 4.78 is 12.1.